The molecule has 0 amide bonds. The van der Waals surface area contributed by atoms with Gasteiger partial charge in [-0.2, -0.15) is 0 Å². The first-order valence-electron chi connectivity index (χ1n) is 21.7. The van der Waals surface area contributed by atoms with Crippen LogP contribution in [0.4, 0.5) is 0 Å². The second-order valence-electron chi connectivity index (χ2n) is 16.4. The van der Waals surface area contributed by atoms with Crippen LogP contribution in [0.1, 0.15) is 105 Å². The van der Waals surface area contributed by atoms with E-state index in [4.69, 9.17) is 79.8 Å². The summed E-state index contributed by atoms with van der Waals surface area (Å²) in [7, 11) is 0. The predicted molar refractivity (Wildman–Crippen MR) is 207 cm³/mol. The zero-order chi connectivity index (χ0) is 39.9. The third kappa shape index (κ3) is 14.8. The fourth-order valence-corrected chi connectivity index (χ4v) is 7.90. The van der Waals surface area contributed by atoms with E-state index in [0.717, 1.165) is 51.4 Å². The van der Waals surface area contributed by atoms with Gasteiger partial charge in [0.25, 0.3) is 0 Å². The highest BCUT2D eigenvalue weighted by molar-refractivity contribution is 4.86. The van der Waals surface area contributed by atoms with Crippen molar-refractivity contribution in [3.8, 4) is 0 Å². The molecular weight excluding hydrogens is 728 g/mol. The maximum Gasteiger partial charge on any atom is 0.173 e. The zero-order valence-electron chi connectivity index (χ0n) is 34.6. The molecule has 0 radical (unpaired) electrons. The van der Waals surface area contributed by atoms with Crippen LogP contribution in [0.3, 0.4) is 0 Å². The third-order valence-corrected chi connectivity index (χ3v) is 11.5. The summed E-state index contributed by atoms with van der Waals surface area (Å²) in [4.78, 5) is 0. The molecule has 0 aromatic rings. The van der Waals surface area contributed by atoms with E-state index in [1.165, 1.54) is 0 Å². The molecule has 328 valence electrons. The Hall–Kier alpha value is -0.640. The maximum absolute atomic E-state index is 6.44. The van der Waals surface area contributed by atoms with Gasteiger partial charge in [0.1, 0.15) is 0 Å². The van der Waals surface area contributed by atoms with Crippen LogP contribution in [0.15, 0.2) is 0 Å². The van der Waals surface area contributed by atoms with Gasteiger partial charge in [0, 0.05) is 52.9 Å². The molecule has 14 aliphatic heterocycles. The molecule has 0 saturated carbocycles. The molecule has 14 aliphatic rings. The van der Waals surface area contributed by atoms with Crippen LogP contribution in [0.25, 0.3) is 0 Å². The Morgan fingerprint density at radius 2 is 0.464 bits per heavy atom. The van der Waals surface area contributed by atoms with E-state index in [2.05, 4.69) is 0 Å². The van der Waals surface area contributed by atoms with Crippen molar-refractivity contribution in [2.24, 2.45) is 22.9 Å². The summed E-state index contributed by atoms with van der Waals surface area (Å²) in [6, 6.07) is -1.05. The van der Waals surface area contributed by atoms with Gasteiger partial charge >= 0.3 is 0 Å². The van der Waals surface area contributed by atoms with Gasteiger partial charge in [0.2, 0.25) is 0 Å². The molecule has 56 heavy (non-hydrogen) atoms. The molecule has 16 atom stereocenters. The predicted octanol–water partition coefficient (Wildman–Crippen LogP) is 2.58. The van der Waals surface area contributed by atoms with Crippen LogP contribution in [-0.4, -0.2) is 151 Å². The Morgan fingerprint density at radius 3 is 0.661 bits per heavy atom. The summed E-state index contributed by atoms with van der Waals surface area (Å²) in [5.41, 5.74) is 25.8. The fraction of sp³-hybridized carbons (Fsp3) is 1.00. The normalized spacial score (nSPS) is 45.0. The van der Waals surface area contributed by atoms with E-state index >= 15 is 0 Å². The molecule has 0 aliphatic carbocycles. The molecule has 0 aromatic heterocycles. The van der Waals surface area contributed by atoms with Gasteiger partial charge in [0.05, 0.1) is 73.0 Å². The Bertz CT molecular complexity index is 833. The summed E-state index contributed by atoms with van der Waals surface area (Å²) in [6.07, 6.45) is 6.71. The molecule has 0 spiro atoms. The molecule has 8 N–H and O–H groups in total. The van der Waals surface area contributed by atoms with E-state index in [1.54, 1.807) is 0 Å². The first kappa shape index (κ1) is 46.4. The quantitative estimate of drug-likeness (QED) is 0.277. The van der Waals surface area contributed by atoms with Crippen molar-refractivity contribution in [3.05, 3.63) is 0 Å². The van der Waals surface area contributed by atoms with Gasteiger partial charge in [-0.15, -0.1) is 0 Å². The van der Waals surface area contributed by atoms with Crippen LogP contribution >= 0.6 is 0 Å². The first-order chi connectivity index (χ1) is 27.1. The maximum atomic E-state index is 6.44. The zero-order valence-corrected chi connectivity index (χ0v) is 34.6. The van der Waals surface area contributed by atoms with Gasteiger partial charge in [-0.3, -0.25) is 0 Å². The summed E-state index contributed by atoms with van der Waals surface area (Å²) < 4.78 is 73.3. The molecule has 16 nitrogen and oxygen atoms in total. The van der Waals surface area contributed by atoms with E-state index < -0.39 is 25.2 Å². The van der Waals surface area contributed by atoms with Crippen molar-refractivity contribution in [1.82, 2.24) is 0 Å². The van der Waals surface area contributed by atoms with Crippen LogP contribution in [0.2, 0.25) is 0 Å². The van der Waals surface area contributed by atoms with Gasteiger partial charge in [-0.1, -0.05) is 0 Å². The topological polar surface area (TPSA) is 215 Å². The highest BCUT2D eigenvalue weighted by Crippen LogP contribution is 2.27. The standard InChI is InChI=1S/C40H76N4O12/c1-25-33-21-29(41)37(53-25)49-17-9-10-18-50-38-31(43)23-35(27(3)55-38)47-15-7-8-16-48-36-24-32(44)40(56-28(36)4)52-20-12-11-19-51-39-30(42)22-34(26(2)54-39)46-14-6-5-13-45-33/h25-40H,5-24,41-44H2,1-4H3/t25-,26-,27-,28-,29+,30+,31+,32+,33+,34+,35+,36+,37+,38+,39+,40+/m0/s1. The molecule has 0 aromatic carbocycles. The number of hydrogen-bond donors (Lipinski definition) is 4. The molecule has 8 bridgehead atoms. The van der Waals surface area contributed by atoms with Crippen molar-refractivity contribution in [1.29, 1.82) is 0 Å². The first-order valence-corrected chi connectivity index (χ1v) is 21.7. The Labute approximate surface area is 335 Å². The molecule has 14 rings (SSSR count). The minimum Gasteiger partial charge on any atom is -0.375 e. The number of nitrogens with two attached hydrogens (primary N) is 4. The van der Waals surface area contributed by atoms with Gasteiger partial charge in [-0.05, 0) is 105 Å². The van der Waals surface area contributed by atoms with Crippen molar-refractivity contribution >= 4 is 0 Å². The minimum atomic E-state index is -0.461. The highest BCUT2D eigenvalue weighted by atomic mass is 16.7. The molecular formula is C40H76N4O12. The smallest absolute Gasteiger partial charge is 0.173 e. The van der Waals surface area contributed by atoms with E-state index in [-0.39, 0.29) is 73.0 Å². The van der Waals surface area contributed by atoms with Gasteiger partial charge in [-0.25, -0.2) is 0 Å². The van der Waals surface area contributed by atoms with Crippen molar-refractivity contribution < 1.29 is 56.8 Å². The van der Waals surface area contributed by atoms with Gasteiger partial charge in [0.15, 0.2) is 25.2 Å². The molecule has 0 unspecified atom stereocenters. The molecule has 14 heterocycles. The average molecular weight is 805 g/mol. The average Bonchev–Trinajstić information content (AvgIpc) is 3.16. The Kier molecular flexibility index (Phi) is 20.4. The van der Waals surface area contributed by atoms with E-state index in [9.17, 15) is 0 Å². The third-order valence-electron chi connectivity index (χ3n) is 11.5. The molecule has 16 heteroatoms. The SMILES string of the molecule is C[C@@H]1O[C@H]2OCCCCO[C@@H]3O[C@@H](C)[C@@H](C[C@H]3N)OCCCCO[C@@H]3C[C@@H](N)[C@H](OCCCCO[C@@H]4O[C@@H](C)[C@@H](C[C@H]4N)OCCCCO[C@@H]1C[C@H]2N)O[C@H]3C. The van der Waals surface area contributed by atoms with Crippen LogP contribution in [0, 0.1) is 0 Å². The molecule has 14 saturated heterocycles. The lowest BCUT2D eigenvalue weighted by atomic mass is 10.0. The summed E-state index contributed by atoms with van der Waals surface area (Å²) in [5.74, 6) is 0. The number of rotatable bonds is 0. The Balaban J connectivity index is 1.05. The van der Waals surface area contributed by atoms with Crippen LogP contribution in [-0.2, 0) is 56.8 Å². The van der Waals surface area contributed by atoms with Crippen molar-refractivity contribution in [2.75, 3.05) is 52.9 Å². The lowest BCUT2D eigenvalue weighted by Gasteiger charge is -2.39. The fourth-order valence-electron chi connectivity index (χ4n) is 7.90. The Morgan fingerprint density at radius 1 is 0.286 bits per heavy atom. The largest absolute Gasteiger partial charge is 0.375 e. The summed E-state index contributed by atoms with van der Waals surface area (Å²) in [6.45, 7) is 12.6. The van der Waals surface area contributed by atoms with Crippen molar-refractivity contribution in [3.63, 3.8) is 0 Å². The monoisotopic (exact) mass is 805 g/mol. The number of ether oxygens (including phenoxy) is 12. The minimum absolute atomic E-state index is 0.0822. The van der Waals surface area contributed by atoms with E-state index in [1.807, 2.05) is 27.7 Å². The number of hydrogen-bond acceptors (Lipinski definition) is 16. The lowest BCUT2D eigenvalue weighted by Crippen LogP contribution is -2.52. The summed E-state index contributed by atoms with van der Waals surface area (Å²) >= 11 is 0. The van der Waals surface area contributed by atoms with Crippen LogP contribution < -0.4 is 22.9 Å². The van der Waals surface area contributed by atoms with Crippen LogP contribution in [0.5, 0.6) is 0 Å². The van der Waals surface area contributed by atoms with Gasteiger partial charge < -0.3 is 79.8 Å². The second-order valence-corrected chi connectivity index (χ2v) is 16.4. The summed E-state index contributed by atoms with van der Waals surface area (Å²) in [5, 5.41) is 0. The highest BCUT2D eigenvalue weighted by Gasteiger charge is 2.38. The lowest BCUT2D eigenvalue weighted by molar-refractivity contribution is -0.239. The van der Waals surface area contributed by atoms with E-state index in [0.29, 0.717) is 78.5 Å². The second kappa shape index (κ2) is 24.6. The van der Waals surface area contributed by atoms with Crippen molar-refractivity contribution in [2.45, 2.75) is 203 Å². The molecule has 14 fully saturated rings.